The topological polar surface area (TPSA) is 37.4 Å². The van der Waals surface area contributed by atoms with Crippen molar-refractivity contribution < 1.29 is 4.74 Å². The van der Waals surface area contributed by atoms with Gasteiger partial charge in [-0.3, -0.25) is 0 Å². The van der Waals surface area contributed by atoms with Crippen LogP contribution in [0.2, 0.25) is 5.02 Å². The van der Waals surface area contributed by atoms with Gasteiger partial charge in [0.15, 0.2) is 0 Å². The minimum atomic E-state index is 0.304. The Morgan fingerprint density at radius 1 is 1.43 bits per heavy atom. The summed E-state index contributed by atoms with van der Waals surface area (Å²) >= 11 is 6.45. The second-order valence-corrected chi connectivity index (χ2v) is 6.38. The summed E-state index contributed by atoms with van der Waals surface area (Å²) in [7, 11) is 0. The van der Waals surface area contributed by atoms with Gasteiger partial charge in [0.05, 0.1) is 11.1 Å². The first-order valence-corrected chi connectivity index (χ1v) is 8.38. The Labute approximate surface area is 131 Å². The summed E-state index contributed by atoms with van der Waals surface area (Å²) in [6.07, 6.45) is 7.11. The van der Waals surface area contributed by atoms with Crippen LogP contribution in [0.4, 0.5) is 5.82 Å². The van der Waals surface area contributed by atoms with Crippen LogP contribution < -0.4 is 10.2 Å². The predicted octanol–water partition coefficient (Wildman–Crippen LogP) is 2.99. The number of nitrogens with one attached hydrogen (secondary N) is 1. The Morgan fingerprint density at radius 2 is 2.29 bits per heavy atom. The number of piperidine rings is 1. The van der Waals surface area contributed by atoms with Crippen molar-refractivity contribution in [2.45, 2.75) is 51.3 Å². The van der Waals surface area contributed by atoms with Gasteiger partial charge in [0.2, 0.25) is 0 Å². The highest BCUT2D eigenvalue weighted by Gasteiger charge is 2.23. The van der Waals surface area contributed by atoms with Crippen molar-refractivity contribution in [3.8, 4) is 0 Å². The zero-order chi connectivity index (χ0) is 14.7. The molecule has 2 heterocycles. The van der Waals surface area contributed by atoms with E-state index in [4.69, 9.17) is 16.3 Å². The first-order valence-electron chi connectivity index (χ1n) is 8.00. The van der Waals surface area contributed by atoms with E-state index < -0.39 is 0 Å². The van der Waals surface area contributed by atoms with E-state index >= 15 is 0 Å². The van der Waals surface area contributed by atoms with Gasteiger partial charge in [-0.15, -0.1) is 0 Å². The van der Waals surface area contributed by atoms with Crippen molar-refractivity contribution in [1.29, 1.82) is 0 Å². The van der Waals surface area contributed by atoms with Crippen LogP contribution in [0.25, 0.3) is 0 Å². The van der Waals surface area contributed by atoms with Gasteiger partial charge in [0.1, 0.15) is 5.82 Å². The maximum absolute atomic E-state index is 6.45. The summed E-state index contributed by atoms with van der Waals surface area (Å²) in [6.45, 7) is 5.58. The molecule has 3 rings (SSSR count). The molecule has 2 fully saturated rings. The fourth-order valence-electron chi connectivity index (χ4n) is 2.85. The molecule has 1 unspecified atom stereocenters. The molecule has 1 N–H and O–H groups in total. The Morgan fingerprint density at radius 3 is 3.00 bits per heavy atom. The van der Waals surface area contributed by atoms with E-state index in [-0.39, 0.29) is 0 Å². The summed E-state index contributed by atoms with van der Waals surface area (Å²) in [4.78, 5) is 6.85. The minimum Gasteiger partial charge on any atom is -0.377 e. The number of pyridine rings is 1. The average Bonchev–Trinajstić information content (AvgIpc) is 3.30. The molecule has 1 saturated carbocycles. The molecular formula is C16H24ClN3O. The molecule has 1 aromatic heterocycles. The Kier molecular flexibility index (Phi) is 4.99. The predicted molar refractivity (Wildman–Crippen MR) is 86.0 cm³/mol. The molecule has 1 atom stereocenters. The third-order valence-corrected chi connectivity index (χ3v) is 4.41. The molecule has 0 amide bonds. The molecule has 4 nitrogen and oxygen atoms in total. The molecule has 1 aliphatic heterocycles. The lowest BCUT2D eigenvalue weighted by atomic mass is 10.1. The van der Waals surface area contributed by atoms with Crippen molar-refractivity contribution in [2.75, 3.05) is 24.6 Å². The first kappa shape index (κ1) is 15.1. The van der Waals surface area contributed by atoms with E-state index in [1.165, 1.54) is 12.8 Å². The van der Waals surface area contributed by atoms with Gasteiger partial charge >= 0.3 is 0 Å². The lowest BCUT2D eigenvalue weighted by molar-refractivity contribution is 0.0525. The molecule has 0 bridgehead atoms. The lowest BCUT2D eigenvalue weighted by Crippen LogP contribution is -2.40. The van der Waals surface area contributed by atoms with Crippen LogP contribution in [-0.2, 0) is 11.3 Å². The highest BCUT2D eigenvalue weighted by atomic mass is 35.5. The number of anilines is 1. The first-order chi connectivity index (χ1) is 10.3. The lowest BCUT2D eigenvalue weighted by Gasteiger charge is -2.33. The van der Waals surface area contributed by atoms with Gasteiger partial charge in [-0.05, 0) is 44.2 Å². The third-order valence-electron chi connectivity index (χ3n) is 4.13. The summed E-state index contributed by atoms with van der Waals surface area (Å²) in [5.41, 5.74) is 1.16. The van der Waals surface area contributed by atoms with Crippen LogP contribution in [0.1, 0.15) is 38.2 Å². The standard InChI is InChI=1S/C16H24ClN3O/c1-2-21-14-4-3-7-20(11-14)16-15(17)8-12(10-19-16)9-18-13-5-6-13/h8,10,13-14,18H,2-7,9,11H2,1H3. The molecule has 1 aromatic rings. The molecule has 0 radical (unpaired) electrons. The average molecular weight is 310 g/mol. The van der Waals surface area contributed by atoms with Crippen LogP contribution in [0.15, 0.2) is 12.3 Å². The van der Waals surface area contributed by atoms with Crippen molar-refractivity contribution in [3.05, 3.63) is 22.8 Å². The number of nitrogens with zero attached hydrogens (tertiary/aromatic N) is 2. The quantitative estimate of drug-likeness (QED) is 0.876. The second kappa shape index (κ2) is 6.95. The van der Waals surface area contributed by atoms with Gasteiger partial charge in [-0.2, -0.15) is 0 Å². The molecule has 1 saturated heterocycles. The maximum atomic E-state index is 6.45. The number of rotatable bonds is 6. The fraction of sp³-hybridized carbons (Fsp3) is 0.688. The third kappa shape index (κ3) is 4.09. The van der Waals surface area contributed by atoms with E-state index in [0.717, 1.165) is 55.5 Å². The van der Waals surface area contributed by atoms with Crippen LogP contribution >= 0.6 is 11.6 Å². The van der Waals surface area contributed by atoms with Crippen molar-refractivity contribution in [1.82, 2.24) is 10.3 Å². The highest BCUT2D eigenvalue weighted by Crippen LogP contribution is 2.28. The summed E-state index contributed by atoms with van der Waals surface area (Å²) < 4.78 is 5.75. The van der Waals surface area contributed by atoms with Crippen molar-refractivity contribution >= 4 is 17.4 Å². The smallest absolute Gasteiger partial charge is 0.147 e. The molecule has 0 spiro atoms. The van der Waals surface area contributed by atoms with E-state index in [9.17, 15) is 0 Å². The van der Waals surface area contributed by atoms with Crippen molar-refractivity contribution in [3.63, 3.8) is 0 Å². The zero-order valence-electron chi connectivity index (χ0n) is 12.6. The van der Waals surface area contributed by atoms with Crippen LogP contribution in [0.5, 0.6) is 0 Å². The Balaban J connectivity index is 1.63. The molecule has 2 aliphatic rings. The molecular weight excluding hydrogens is 286 g/mol. The Hall–Kier alpha value is -0.840. The number of aromatic nitrogens is 1. The molecule has 116 valence electrons. The number of halogens is 1. The molecule has 21 heavy (non-hydrogen) atoms. The van der Waals surface area contributed by atoms with Crippen LogP contribution in [0.3, 0.4) is 0 Å². The molecule has 1 aliphatic carbocycles. The van der Waals surface area contributed by atoms with Crippen LogP contribution in [0, 0.1) is 0 Å². The number of ether oxygens (including phenoxy) is 1. The molecule has 5 heteroatoms. The minimum absolute atomic E-state index is 0.304. The number of hydrogen-bond acceptors (Lipinski definition) is 4. The Bertz CT molecular complexity index is 477. The van der Waals surface area contributed by atoms with E-state index in [2.05, 4.69) is 15.2 Å². The fourth-order valence-corrected chi connectivity index (χ4v) is 3.16. The van der Waals surface area contributed by atoms with E-state index in [1.54, 1.807) is 0 Å². The summed E-state index contributed by atoms with van der Waals surface area (Å²) in [5.74, 6) is 0.899. The van der Waals surface area contributed by atoms with Gasteiger partial charge < -0.3 is 15.0 Å². The van der Waals surface area contributed by atoms with Gasteiger partial charge in [-0.25, -0.2) is 4.98 Å². The maximum Gasteiger partial charge on any atom is 0.147 e. The number of hydrogen-bond donors (Lipinski definition) is 1. The van der Waals surface area contributed by atoms with Gasteiger partial charge in [0, 0.05) is 38.5 Å². The van der Waals surface area contributed by atoms with Gasteiger partial charge in [-0.1, -0.05) is 11.6 Å². The normalized spacial score (nSPS) is 22.6. The summed E-state index contributed by atoms with van der Waals surface area (Å²) in [6, 6.07) is 2.75. The molecule has 0 aromatic carbocycles. The summed E-state index contributed by atoms with van der Waals surface area (Å²) in [5, 5.41) is 4.24. The van der Waals surface area contributed by atoms with Crippen LogP contribution in [-0.4, -0.2) is 36.8 Å². The zero-order valence-corrected chi connectivity index (χ0v) is 13.4. The van der Waals surface area contributed by atoms with E-state index in [0.29, 0.717) is 12.1 Å². The second-order valence-electron chi connectivity index (χ2n) is 5.97. The van der Waals surface area contributed by atoms with E-state index in [1.807, 2.05) is 19.2 Å². The van der Waals surface area contributed by atoms with Gasteiger partial charge in [0.25, 0.3) is 0 Å². The monoisotopic (exact) mass is 309 g/mol. The van der Waals surface area contributed by atoms with Crippen molar-refractivity contribution in [2.24, 2.45) is 0 Å². The highest BCUT2D eigenvalue weighted by molar-refractivity contribution is 6.33. The largest absolute Gasteiger partial charge is 0.377 e. The SMILES string of the molecule is CCOC1CCCN(c2ncc(CNC3CC3)cc2Cl)C1.